The molecule has 8 atom stereocenters. The summed E-state index contributed by atoms with van der Waals surface area (Å²) in [6, 6.07) is -1.68. The number of halogens is 2. The summed E-state index contributed by atoms with van der Waals surface area (Å²) in [6.07, 6.45) is -1.92. The summed E-state index contributed by atoms with van der Waals surface area (Å²) in [4.78, 5) is 50.5. The highest BCUT2D eigenvalue weighted by atomic mass is 32.2. The van der Waals surface area contributed by atoms with E-state index in [1.807, 2.05) is 6.92 Å². The fourth-order valence-electron chi connectivity index (χ4n) is 5.59. The minimum absolute atomic E-state index is 0.0168. The Kier molecular flexibility index (Phi) is 7.88. The van der Waals surface area contributed by atoms with E-state index in [4.69, 9.17) is 5.73 Å². The highest BCUT2D eigenvalue weighted by Crippen LogP contribution is 2.51. The Morgan fingerprint density at radius 3 is 2.58 bits per heavy atom. The van der Waals surface area contributed by atoms with Gasteiger partial charge >= 0.3 is 12.4 Å². The van der Waals surface area contributed by atoms with Crippen molar-refractivity contribution in [1.29, 1.82) is 0 Å². The molecule has 4 rings (SSSR count). The third-order valence-corrected chi connectivity index (χ3v) is 8.89. The lowest BCUT2D eigenvalue weighted by atomic mass is 9.78. The number of hydrogen-bond donors (Lipinski definition) is 6. The number of thioether (sulfide) groups is 1. The molecule has 36 heavy (non-hydrogen) atoms. The highest BCUT2D eigenvalue weighted by molar-refractivity contribution is 8.03. The standard InChI is InChI=1S/C22H32F2N6O5S/c1-8-15-14(9(2)29-20(32)18(23)24)21(33)30(15)16(22(34)35)17(8)36-12-4-11(26-7-12)6-28-19(31)13-3-10(25)5-27-13/h8-15,18,26-27H,3-7,25H2,1-2H3,(H,28,31)(H,29,32)(H,34,35)/t8-,9-,10+,11+,12+,13+,14-,15-/m1/s1. The number of amides is 3. The fraction of sp³-hybridized carbons (Fsp3) is 0.727. The van der Waals surface area contributed by atoms with E-state index in [1.165, 1.54) is 23.6 Å². The van der Waals surface area contributed by atoms with Crippen LogP contribution in [0.2, 0.25) is 0 Å². The largest absolute Gasteiger partial charge is 0.477 e. The van der Waals surface area contributed by atoms with Gasteiger partial charge in [-0.15, -0.1) is 11.8 Å². The summed E-state index contributed by atoms with van der Waals surface area (Å²) in [6.45, 7) is 4.93. The number of alkyl halides is 2. The van der Waals surface area contributed by atoms with Crippen molar-refractivity contribution >= 4 is 35.5 Å². The van der Waals surface area contributed by atoms with Crippen LogP contribution in [0, 0.1) is 11.8 Å². The summed E-state index contributed by atoms with van der Waals surface area (Å²) < 4.78 is 25.3. The van der Waals surface area contributed by atoms with Crippen LogP contribution in [-0.4, -0.2) is 95.2 Å². The van der Waals surface area contributed by atoms with Crippen molar-refractivity contribution in [3.63, 3.8) is 0 Å². The summed E-state index contributed by atoms with van der Waals surface area (Å²) >= 11 is 1.40. The molecule has 0 aromatic rings. The van der Waals surface area contributed by atoms with Crippen LogP contribution in [0.15, 0.2) is 10.6 Å². The van der Waals surface area contributed by atoms with E-state index in [2.05, 4.69) is 21.3 Å². The number of hydrogen-bond acceptors (Lipinski definition) is 8. The number of nitrogens with two attached hydrogens (primary N) is 1. The molecular formula is C22H32F2N6O5S. The number of nitrogens with one attached hydrogen (secondary N) is 4. The average Bonchev–Trinajstić information content (AvgIpc) is 3.50. The van der Waals surface area contributed by atoms with Gasteiger partial charge in [-0.1, -0.05) is 6.92 Å². The molecule has 4 heterocycles. The van der Waals surface area contributed by atoms with Crippen LogP contribution in [0.3, 0.4) is 0 Å². The molecule has 0 bridgehead atoms. The number of fused-ring (bicyclic) bond motifs is 1. The molecule has 0 unspecified atom stereocenters. The maximum absolute atomic E-state index is 12.8. The van der Waals surface area contributed by atoms with Crippen molar-refractivity contribution in [3.05, 3.63) is 10.6 Å². The Bertz CT molecular complexity index is 967. The summed E-state index contributed by atoms with van der Waals surface area (Å²) in [5.41, 5.74) is 5.76. The molecular weight excluding hydrogens is 498 g/mol. The van der Waals surface area contributed by atoms with Gasteiger partial charge in [-0.2, -0.15) is 8.78 Å². The summed E-state index contributed by atoms with van der Waals surface area (Å²) in [5.74, 6) is -4.37. The van der Waals surface area contributed by atoms with Crippen LogP contribution in [0.4, 0.5) is 8.78 Å². The predicted molar refractivity (Wildman–Crippen MR) is 127 cm³/mol. The first-order chi connectivity index (χ1) is 17.0. The van der Waals surface area contributed by atoms with Crippen molar-refractivity contribution in [2.24, 2.45) is 17.6 Å². The number of carboxylic acid groups (broad SMARTS) is 1. The van der Waals surface area contributed by atoms with Crippen LogP contribution < -0.4 is 27.0 Å². The van der Waals surface area contributed by atoms with Crippen LogP contribution in [0.25, 0.3) is 0 Å². The van der Waals surface area contributed by atoms with E-state index in [-0.39, 0.29) is 40.9 Å². The molecule has 4 aliphatic heterocycles. The molecule has 0 saturated carbocycles. The topological polar surface area (TPSA) is 166 Å². The molecule has 4 aliphatic rings. The number of nitrogens with zero attached hydrogens (tertiary/aromatic N) is 1. The molecule has 0 aromatic carbocycles. The van der Waals surface area contributed by atoms with Crippen LogP contribution in [-0.2, 0) is 19.2 Å². The van der Waals surface area contributed by atoms with E-state index in [0.29, 0.717) is 37.4 Å². The number of rotatable bonds is 9. The third-order valence-electron chi connectivity index (χ3n) is 7.38. The second-order valence-corrected chi connectivity index (χ2v) is 11.3. The molecule has 200 valence electrons. The lowest BCUT2D eigenvalue weighted by molar-refractivity contribution is -0.159. The van der Waals surface area contributed by atoms with Gasteiger partial charge < -0.3 is 37.0 Å². The van der Waals surface area contributed by atoms with Crippen molar-refractivity contribution in [2.75, 3.05) is 19.6 Å². The first kappa shape index (κ1) is 26.8. The summed E-state index contributed by atoms with van der Waals surface area (Å²) in [5, 5.41) is 21.4. The molecule has 3 amide bonds. The van der Waals surface area contributed by atoms with Gasteiger partial charge in [0.2, 0.25) is 11.8 Å². The number of carbonyl (C=O) groups excluding carboxylic acids is 3. The Morgan fingerprint density at radius 2 is 1.97 bits per heavy atom. The van der Waals surface area contributed by atoms with Crippen LogP contribution >= 0.6 is 11.8 Å². The van der Waals surface area contributed by atoms with Gasteiger partial charge in [-0.05, 0) is 19.8 Å². The van der Waals surface area contributed by atoms with Crippen molar-refractivity contribution in [3.8, 4) is 0 Å². The van der Waals surface area contributed by atoms with Gasteiger partial charge in [0.1, 0.15) is 5.70 Å². The zero-order valence-electron chi connectivity index (χ0n) is 20.0. The van der Waals surface area contributed by atoms with Gasteiger partial charge in [0, 0.05) is 53.8 Å². The van der Waals surface area contributed by atoms with Crippen LogP contribution in [0.1, 0.15) is 26.7 Å². The van der Waals surface area contributed by atoms with E-state index in [1.54, 1.807) is 0 Å². The first-order valence-electron chi connectivity index (χ1n) is 12.0. The summed E-state index contributed by atoms with van der Waals surface area (Å²) in [7, 11) is 0. The normalized spacial score (nSPS) is 34.6. The second-order valence-electron chi connectivity index (χ2n) is 9.91. The monoisotopic (exact) mass is 530 g/mol. The van der Waals surface area contributed by atoms with Crippen molar-refractivity contribution in [2.45, 2.75) is 68.6 Å². The Morgan fingerprint density at radius 1 is 1.25 bits per heavy atom. The van der Waals surface area contributed by atoms with E-state index >= 15 is 0 Å². The van der Waals surface area contributed by atoms with Gasteiger partial charge in [0.15, 0.2) is 0 Å². The quantitative estimate of drug-likeness (QED) is 0.201. The van der Waals surface area contributed by atoms with E-state index in [0.717, 1.165) is 0 Å². The Balaban J connectivity index is 1.36. The minimum atomic E-state index is -3.20. The molecule has 0 radical (unpaired) electrons. The van der Waals surface area contributed by atoms with Gasteiger partial charge in [-0.25, -0.2) is 4.79 Å². The molecule has 0 spiro atoms. The molecule has 7 N–H and O–H groups in total. The molecule has 14 heteroatoms. The average molecular weight is 531 g/mol. The fourth-order valence-corrected chi connectivity index (χ4v) is 7.11. The van der Waals surface area contributed by atoms with E-state index in [9.17, 15) is 33.1 Å². The zero-order chi connectivity index (χ0) is 26.3. The molecule has 3 fully saturated rings. The Labute approximate surface area is 211 Å². The molecule has 0 aliphatic carbocycles. The maximum Gasteiger partial charge on any atom is 0.353 e. The highest BCUT2D eigenvalue weighted by Gasteiger charge is 2.60. The smallest absolute Gasteiger partial charge is 0.353 e. The van der Waals surface area contributed by atoms with Gasteiger partial charge in [0.05, 0.1) is 18.0 Å². The van der Waals surface area contributed by atoms with Crippen LogP contribution in [0.5, 0.6) is 0 Å². The number of β-lactam (4-membered cyclic amide) rings is 1. The lowest BCUT2D eigenvalue weighted by Crippen LogP contribution is -2.66. The second kappa shape index (κ2) is 10.6. The van der Waals surface area contributed by atoms with Gasteiger partial charge in [0.25, 0.3) is 5.91 Å². The predicted octanol–water partition coefficient (Wildman–Crippen LogP) is -1.20. The number of carboxylic acids is 1. The number of aliphatic carboxylic acids is 1. The maximum atomic E-state index is 12.8. The third kappa shape index (κ3) is 5.08. The Hall–Kier alpha value is -2.29. The zero-order valence-corrected chi connectivity index (χ0v) is 20.8. The lowest BCUT2D eigenvalue weighted by Gasteiger charge is -2.47. The van der Waals surface area contributed by atoms with Crippen molar-refractivity contribution in [1.82, 2.24) is 26.2 Å². The molecule has 0 aromatic heterocycles. The minimum Gasteiger partial charge on any atom is -0.477 e. The molecule has 3 saturated heterocycles. The van der Waals surface area contributed by atoms with E-state index < -0.39 is 42.2 Å². The van der Waals surface area contributed by atoms with Crippen molar-refractivity contribution < 1.29 is 33.1 Å². The number of carbonyl (C=O) groups is 4. The first-order valence-corrected chi connectivity index (χ1v) is 12.9. The molecule has 11 nitrogen and oxygen atoms in total. The van der Waals surface area contributed by atoms with Gasteiger partial charge in [-0.3, -0.25) is 14.4 Å². The SMILES string of the molecule is C[C@@H](NC(=O)C(F)F)[C@H]1C(=O)N2C(C(=O)O)=C(S[C@@H]3CN[C@H](CNC(=O)[C@@H]4C[C@H](N)CN4)C3)[C@H](C)[C@H]12.